The van der Waals surface area contributed by atoms with Crippen molar-refractivity contribution in [2.75, 3.05) is 6.54 Å². The van der Waals surface area contributed by atoms with E-state index >= 15 is 0 Å². The van der Waals surface area contributed by atoms with E-state index in [9.17, 15) is 0 Å². The molecule has 2 aliphatic rings. The average Bonchev–Trinajstić information content (AvgIpc) is 2.97. The van der Waals surface area contributed by atoms with Crippen LogP contribution in [-0.2, 0) is 6.42 Å². The number of hydrogen-bond donors (Lipinski definition) is 1. The lowest BCUT2D eigenvalue weighted by molar-refractivity contribution is 0.561. The summed E-state index contributed by atoms with van der Waals surface area (Å²) in [6.07, 6.45) is 8.07. The maximum atomic E-state index is 4.80. The topological polar surface area (TPSA) is 42.7 Å². The van der Waals surface area contributed by atoms with E-state index in [1.807, 2.05) is 12.3 Å². The van der Waals surface area contributed by atoms with E-state index in [2.05, 4.69) is 20.9 Å². The average molecular weight is 242 g/mol. The van der Waals surface area contributed by atoms with Crippen LogP contribution in [0.1, 0.15) is 37.5 Å². The molecule has 0 radical (unpaired) electrons. The van der Waals surface area contributed by atoms with Gasteiger partial charge >= 0.3 is 0 Å². The van der Waals surface area contributed by atoms with Gasteiger partial charge < -0.3 is 9.88 Å². The summed E-state index contributed by atoms with van der Waals surface area (Å²) in [7, 11) is 0. The minimum atomic E-state index is 0.610. The molecule has 1 unspecified atom stereocenters. The summed E-state index contributed by atoms with van der Waals surface area (Å²) in [5, 5.41) is 3.56. The van der Waals surface area contributed by atoms with Crippen molar-refractivity contribution in [2.45, 2.75) is 44.2 Å². The van der Waals surface area contributed by atoms with Gasteiger partial charge in [0.05, 0.1) is 0 Å². The third-order valence-electron chi connectivity index (χ3n) is 4.03. The molecule has 2 fully saturated rings. The fourth-order valence-corrected chi connectivity index (χ4v) is 2.99. The molecule has 1 saturated heterocycles. The Balaban J connectivity index is 1.75. The monoisotopic (exact) mass is 242 g/mol. The van der Waals surface area contributed by atoms with Crippen LogP contribution in [0.25, 0.3) is 11.2 Å². The quantitative estimate of drug-likeness (QED) is 0.896. The number of pyridine rings is 1. The van der Waals surface area contributed by atoms with Gasteiger partial charge in [-0.15, -0.1) is 0 Å². The van der Waals surface area contributed by atoms with Gasteiger partial charge in [-0.2, -0.15) is 0 Å². The number of nitrogens with zero attached hydrogens (tertiary/aromatic N) is 3. The summed E-state index contributed by atoms with van der Waals surface area (Å²) >= 11 is 0. The van der Waals surface area contributed by atoms with Crippen molar-refractivity contribution in [3.8, 4) is 0 Å². The van der Waals surface area contributed by atoms with Crippen LogP contribution in [0.3, 0.4) is 0 Å². The second-order valence-electron chi connectivity index (χ2n) is 5.47. The molecule has 4 nitrogen and oxygen atoms in total. The van der Waals surface area contributed by atoms with Gasteiger partial charge in [-0.3, -0.25) is 0 Å². The summed E-state index contributed by atoms with van der Waals surface area (Å²) in [5.74, 6) is 1.23. The lowest BCUT2D eigenvalue weighted by atomic mass is 10.1. The van der Waals surface area contributed by atoms with E-state index in [0.29, 0.717) is 12.1 Å². The molecule has 2 aromatic heterocycles. The molecule has 0 amide bonds. The number of imidazole rings is 1. The normalized spacial score (nSPS) is 23.9. The molecule has 1 N–H and O–H groups in total. The molecule has 1 atom stereocenters. The van der Waals surface area contributed by atoms with E-state index in [1.165, 1.54) is 31.5 Å². The van der Waals surface area contributed by atoms with Crippen LogP contribution in [0.2, 0.25) is 0 Å². The molecular weight excluding hydrogens is 224 g/mol. The lowest BCUT2D eigenvalue weighted by Crippen LogP contribution is -2.25. The van der Waals surface area contributed by atoms with Crippen LogP contribution in [-0.4, -0.2) is 27.1 Å². The van der Waals surface area contributed by atoms with E-state index in [0.717, 1.165) is 24.1 Å². The van der Waals surface area contributed by atoms with Crippen LogP contribution in [0, 0.1) is 0 Å². The van der Waals surface area contributed by atoms with E-state index in [4.69, 9.17) is 4.98 Å². The molecule has 2 aromatic rings. The first-order chi connectivity index (χ1) is 8.92. The fraction of sp³-hybridized carbons (Fsp3) is 0.571. The lowest BCUT2D eigenvalue weighted by Gasteiger charge is -2.11. The fourth-order valence-electron chi connectivity index (χ4n) is 2.99. The highest BCUT2D eigenvalue weighted by Crippen LogP contribution is 2.38. The molecule has 94 valence electrons. The predicted octanol–water partition coefficient (Wildman–Crippen LogP) is 2.06. The Kier molecular flexibility index (Phi) is 2.36. The summed E-state index contributed by atoms with van der Waals surface area (Å²) in [6.45, 7) is 1.16. The summed E-state index contributed by atoms with van der Waals surface area (Å²) in [6, 6.07) is 5.32. The smallest absolute Gasteiger partial charge is 0.160 e. The van der Waals surface area contributed by atoms with Crippen molar-refractivity contribution in [1.29, 1.82) is 0 Å². The van der Waals surface area contributed by atoms with Crippen molar-refractivity contribution < 1.29 is 0 Å². The Morgan fingerprint density at radius 2 is 2.28 bits per heavy atom. The van der Waals surface area contributed by atoms with E-state index in [1.54, 1.807) is 0 Å². The summed E-state index contributed by atoms with van der Waals surface area (Å²) < 4.78 is 2.38. The van der Waals surface area contributed by atoms with Crippen LogP contribution in [0.4, 0.5) is 0 Å². The van der Waals surface area contributed by atoms with Gasteiger partial charge in [0.2, 0.25) is 0 Å². The van der Waals surface area contributed by atoms with Crippen molar-refractivity contribution >= 4 is 11.2 Å². The summed E-state index contributed by atoms with van der Waals surface area (Å²) in [5.41, 5.74) is 2.13. The first-order valence-corrected chi connectivity index (χ1v) is 6.97. The Labute approximate surface area is 106 Å². The number of aromatic nitrogens is 3. The largest absolute Gasteiger partial charge is 0.314 e. The second-order valence-corrected chi connectivity index (χ2v) is 5.47. The Morgan fingerprint density at radius 1 is 1.33 bits per heavy atom. The first kappa shape index (κ1) is 10.5. The molecule has 0 spiro atoms. The molecular formula is C14H18N4. The Morgan fingerprint density at radius 3 is 3.06 bits per heavy atom. The van der Waals surface area contributed by atoms with Gasteiger partial charge in [-0.05, 0) is 44.4 Å². The van der Waals surface area contributed by atoms with Gasteiger partial charge in [0.15, 0.2) is 5.65 Å². The standard InChI is InChI=1S/C14H18N4/c1-3-10(15-7-1)9-13-17-12-4-2-8-16-14(12)18(13)11-5-6-11/h2,4,8,10-11,15H,1,3,5-7,9H2. The summed E-state index contributed by atoms with van der Waals surface area (Å²) in [4.78, 5) is 9.32. The van der Waals surface area contributed by atoms with Gasteiger partial charge in [-0.25, -0.2) is 9.97 Å². The maximum Gasteiger partial charge on any atom is 0.160 e. The highest BCUT2D eigenvalue weighted by Gasteiger charge is 2.29. The number of nitrogens with one attached hydrogen (secondary N) is 1. The molecule has 3 heterocycles. The van der Waals surface area contributed by atoms with Crippen molar-refractivity contribution in [3.63, 3.8) is 0 Å². The third kappa shape index (κ3) is 1.72. The zero-order valence-electron chi connectivity index (χ0n) is 10.5. The zero-order chi connectivity index (χ0) is 11.9. The molecule has 1 aliphatic heterocycles. The highest BCUT2D eigenvalue weighted by atomic mass is 15.2. The predicted molar refractivity (Wildman–Crippen MR) is 70.5 cm³/mol. The minimum Gasteiger partial charge on any atom is -0.314 e. The second kappa shape index (κ2) is 4.05. The van der Waals surface area contributed by atoms with Crippen molar-refractivity contribution in [1.82, 2.24) is 19.9 Å². The van der Waals surface area contributed by atoms with E-state index < -0.39 is 0 Å². The molecule has 4 heteroatoms. The maximum absolute atomic E-state index is 4.80. The van der Waals surface area contributed by atoms with Crippen LogP contribution < -0.4 is 5.32 Å². The van der Waals surface area contributed by atoms with Crippen LogP contribution >= 0.6 is 0 Å². The Bertz CT molecular complexity index is 564. The number of rotatable bonds is 3. The number of fused-ring (bicyclic) bond motifs is 1. The van der Waals surface area contributed by atoms with Gasteiger partial charge in [0.25, 0.3) is 0 Å². The van der Waals surface area contributed by atoms with Crippen LogP contribution in [0.5, 0.6) is 0 Å². The van der Waals surface area contributed by atoms with Crippen molar-refractivity contribution in [3.05, 3.63) is 24.2 Å². The molecule has 1 saturated carbocycles. The van der Waals surface area contributed by atoms with Crippen molar-refractivity contribution in [2.24, 2.45) is 0 Å². The highest BCUT2D eigenvalue weighted by molar-refractivity contribution is 5.71. The van der Waals surface area contributed by atoms with Gasteiger partial charge in [0, 0.05) is 24.7 Å². The zero-order valence-corrected chi connectivity index (χ0v) is 10.5. The molecule has 18 heavy (non-hydrogen) atoms. The minimum absolute atomic E-state index is 0.610. The molecule has 0 bridgehead atoms. The van der Waals surface area contributed by atoms with E-state index in [-0.39, 0.29) is 0 Å². The Hall–Kier alpha value is -1.42. The third-order valence-corrected chi connectivity index (χ3v) is 4.03. The van der Waals surface area contributed by atoms with Gasteiger partial charge in [-0.1, -0.05) is 0 Å². The van der Waals surface area contributed by atoms with Gasteiger partial charge in [0.1, 0.15) is 11.3 Å². The first-order valence-electron chi connectivity index (χ1n) is 6.97. The number of hydrogen-bond acceptors (Lipinski definition) is 3. The molecule has 1 aliphatic carbocycles. The SMILES string of the molecule is c1cnc2c(c1)nc(CC1CCCN1)n2C1CC1. The molecule has 4 rings (SSSR count). The van der Waals surface area contributed by atoms with Crippen LogP contribution in [0.15, 0.2) is 18.3 Å². The molecule has 0 aromatic carbocycles.